The fourth-order valence-electron chi connectivity index (χ4n) is 5.28. The zero-order chi connectivity index (χ0) is 18.2. The number of ether oxygens (including phenoxy) is 1. The zero-order valence-electron chi connectivity index (χ0n) is 15.7. The van der Waals surface area contributed by atoms with Crippen molar-refractivity contribution in [2.75, 3.05) is 11.9 Å². The van der Waals surface area contributed by atoms with E-state index in [4.69, 9.17) is 10.00 Å². The standard InChI is InChI=1S/C24H26N2O/c25-15-16-6-8-18(9-7-16)23-20-12-13-27-24(20)21-14-19(10-11-22(21)26-23)17-4-2-1-3-5-17/h6-11,14,17,20,23-24,26H,1-5,12-13H2. The van der Waals surface area contributed by atoms with Crippen LogP contribution >= 0.6 is 0 Å². The number of benzene rings is 2. The molecule has 2 aromatic rings. The average molecular weight is 358 g/mol. The second kappa shape index (κ2) is 7.02. The molecule has 27 heavy (non-hydrogen) atoms. The largest absolute Gasteiger partial charge is 0.378 e. The summed E-state index contributed by atoms with van der Waals surface area (Å²) < 4.78 is 6.23. The van der Waals surface area contributed by atoms with E-state index in [1.54, 1.807) is 0 Å². The maximum atomic E-state index is 9.07. The van der Waals surface area contributed by atoms with Gasteiger partial charge in [0.05, 0.1) is 23.8 Å². The molecule has 138 valence electrons. The Bertz CT molecular complexity index is 861. The van der Waals surface area contributed by atoms with Gasteiger partial charge >= 0.3 is 0 Å². The number of hydrogen-bond acceptors (Lipinski definition) is 3. The van der Waals surface area contributed by atoms with E-state index in [-0.39, 0.29) is 12.1 Å². The molecule has 1 aliphatic carbocycles. The van der Waals surface area contributed by atoms with Crippen LogP contribution in [0.25, 0.3) is 0 Å². The van der Waals surface area contributed by atoms with Crippen LogP contribution in [0.5, 0.6) is 0 Å². The Labute approximate surface area is 161 Å². The molecule has 3 unspecified atom stereocenters. The van der Waals surface area contributed by atoms with Crippen LogP contribution < -0.4 is 5.32 Å². The minimum absolute atomic E-state index is 0.186. The van der Waals surface area contributed by atoms with Gasteiger partial charge in [-0.3, -0.25) is 0 Å². The monoisotopic (exact) mass is 358 g/mol. The second-order valence-corrected chi connectivity index (χ2v) is 8.28. The van der Waals surface area contributed by atoms with E-state index in [1.807, 2.05) is 12.1 Å². The van der Waals surface area contributed by atoms with Crippen LogP contribution in [0.15, 0.2) is 42.5 Å². The van der Waals surface area contributed by atoms with Crippen LogP contribution in [-0.4, -0.2) is 6.61 Å². The average Bonchev–Trinajstić information content (AvgIpc) is 3.24. The lowest BCUT2D eigenvalue weighted by atomic mass is 9.78. The SMILES string of the molecule is N#Cc1ccc(C2Nc3ccc(C4CCCCC4)cc3C3OCCC23)cc1. The molecule has 2 aliphatic heterocycles. The molecular formula is C24H26N2O. The third-order valence-electron chi connectivity index (χ3n) is 6.73. The fourth-order valence-corrected chi connectivity index (χ4v) is 5.28. The molecule has 1 N–H and O–H groups in total. The molecule has 2 aromatic carbocycles. The minimum atomic E-state index is 0.186. The van der Waals surface area contributed by atoms with Crippen molar-refractivity contribution >= 4 is 5.69 Å². The molecule has 0 bridgehead atoms. The third-order valence-corrected chi connectivity index (χ3v) is 6.73. The lowest BCUT2D eigenvalue weighted by molar-refractivity contribution is 0.0828. The number of fused-ring (bicyclic) bond motifs is 3. The molecule has 1 saturated carbocycles. The summed E-state index contributed by atoms with van der Waals surface area (Å²) in [7, 11) is 0. The Balaban J connectivity index is 1.48. The van der Waals surface area contributed by atoms with Crippen LogP contribution in [-0.2, 0) is 4.74 Å². The van der Waals surface area contributed by atoms with Crippen molar-refractivity contribution in [3.63, 3.8) is 0 Å². The Morgan fingerprint density at radius 3 is 2.48 bits per heavy atom. The summed E-state index contributed by atoms with van der Waals surface area (Å²) >= 11 is 0. The highest BCUT2D eigenvalue weighted by Gasteiger charge is 2.41. The van der Waals surface area contributed by atoms with Crippen molar-refractivity contribution < 1.29 is 4.74 Å². The predicted molar refractivity (Wildman–Crippen MR) is 107 cm³/mol. The van der Waals surface area contributed by atoms with Crippen molar-refractivity contribution in [2.24, 2.45) is 5.92 Å². The Morgan fingerprint density at radius 2 is 1.70 bits per heavy atom. The molecule has 0 spiro atoms. The molecule has 3 aliphatic rings. The van der Waals surface area contributed by atoms with Gasteiger partial charge in [0.2, 0.25) is 0 Å². The molecule has 0 amide bonds. The van der Waals surface area contributed by atoms with E-state index in [0.717, 1.165) is 18.9 Å². The van der Waals surface area contributed by atoms with Gasteiger partial charge in [-0.2, -0.15) is 5.26 Å². The highest BCUT2D eigenvalue weighted by molar-refractivity contribution is 5.59. The van der Waals surface area contributed by atoms with Crippen molar-refractivity contribution in [1.82, 2.24) is 0 Å². The molecule has 2 fully saturated rings. The van der Waals surface area contributed by atoms with Crippen LogP contribution in [0, 0.1) is 17.2 Å². The first-order valence-corrected chi connectivity index (χ1v) is 10.4. The van der Waals surface area contributed by atoms with E-state index in [2.05, 4.69) is 41.7 Å². The maximum Gasteiger partial charge on any atom is 0.0991 e. The second-order valence-electron chi connectivity index (χ2n) is 8.28. The van der Waals surface area contributed by atoms with Gasteiger partial charge in [-0.1, -0.05) is 43.5 Å². The first kappa shape index (κ1) is 16.8. The molecule has 2 heterocycles. The van der Waals surface area contributed by atoms with Gasteiger partial charge < -0.3 is 10.1 Å². The van der Waals surface area contributed by atoms with Crippen LogP contribution in [0.3, 0.4) is 0 Å². The van der Waals surface area contributed by atoms with Gasteiger partial charge in [-0.15, -0.1) is 0 Å². The molecule has 3 nitrogen and oxygen atoms in total. The van der Waals surface area contributed by atoms with Crippen molar-refractivity contribution in [2.45, 2.75) is 56.6 Å². The molecule has 0 aromatic heterocycles. The van der Waals surface area contributed by atoms with E-state index in [1.165, 1.54) is 54.5 Å². The molecule has 3 heteroatoms. The summed E-state index contributed by atoms with van der Waals surface area (Å²) in [5.41, 5.74) is 6.03. The lowest BCUT2D eigenvalue weighted by Gasteiger charge is -2.37. The summed E-state index contributed by atoms with van der Waals surface area (Å²) in [5.74, 6) is 1.17. The Kier molecular flexibility index (Phi) is 4.38. The maximum absolute atomic E-state index is 9.07. The minimum Gasteiger partial charge on any atom is -0.378 e. The first-order chi connectivity index (χ1) is 13.3. The fraction of sp³-hybridized carbons (Fsp3) is 0.458. The van der Waals surface area contributed by atoms with Crippen molar-refractivity contribution in [1.29, 1.82) is 5.26 Å². The molecule has 1 saturated heterocycles. The highest BCUT2D eigenvalue weighted by atomic mass is 16.5. The van der Waals surface area contributed by atoms with Crippen LogP contribution in [0.1, 0.15) is 78.8 Å². The summed E-state index contributed by atoms with van der Waals surface area (Å²) in [4.78, 5) is 0. The van der Waals surface area contributed by atoms with Gasteiger partial charge in [0, 0.05) is 23.8 Å². The number of nitrogens with one attached hydrogen (secondary N) is 1. The van der Waals surface area contributed by atoms with Gasteiger partial charge in [0.15, 0.2) is 0 Å². The third kappa shape index (κ3) is 3.03. The van der Waals surface area contributed by atoms with Crippen LogP contribution in [0.4, 0.5) is 5.69 Å². The first-order valence-electron chi connectivity index (χ1n) is 10.4. The van der Waals surface area contributed by atoms with E-state index < -0.39 is 0 Å². The topological polar surface area (TPSA) is 45.0 Å². The Morgan fingerprint density at radius 1 is 0.926 bits per heavy atom. The van der Waals surface area contributed by atoms with E-state index >= 15 is 0 Å². The number of nitriles is 1. The Hall–Kier alpha value is -2.31. The van der Waals surface area contributed by atoms with Crippen molar-refractivity contribution in [3.05, 3.63) is 64.7 Å². The van der Waals surface area contributed by atoms with Crippen molar-refractivity contribution in [3.8, 4) is 6.07 Å². The number of nitrogens with zero attached hydrogens (tertiary/aromatic N) is 1. The molecular weight excluding hydrogens is 332 g/mol. The summed E-state index contributed by atoms with van der Waals surface area (Å²) in [6.45, 7) is 0.830. The van der Waals surface area contributed by atoms with E-state index in [9.17, 15) is 0 Å². The number of anilines is 1. The molecule has 5 rings (SSSR count). The van der Waals surface area contributed by atoms with Gasteiger partial charge in [-0.05, 0) is 54.5 Å². The van der Waals surface area contributed by atoms with Crippen LogP contribution in [0.2, 0.25) is 0 Å². The molecule has 3 atom stereocenters. The normalized spacial score (nSPS) is 27.3. The van der Waals surface area contributed by atoms with Gasteiger partial charge in [0.25, 0.3) is 0 Å². The van der Waals surface area contributed by atoms with Gasteiger partial charge in [-0.25, -0.2) is 0 Å². The zero-order valence-corrected chi connectivity index (χ0v) is 15.7. The smallest absolute Gasteiger partial charge is 0.0991 e. The van der Waals surface area contributed by atoms with E-state index in [0.29, 0.717) is 11.5 Å². The highest BCUT2D eigenvalue weighted by Crippen LogP contribution is 2.50. The van der Waals surface area contributed by atoms with Gasteiger partial charge in [0.1, 0.15) is 0 Å². The predicted octanol–water partition coefficient (Wildman–Crippen LogP) is 5.85. The summed E-state index contributed by atoms with van der Waals surface area (Å²) in [5, 5.41) is 12.9. The lowest BCUT2D eigenvalue weighted by Crippen LogP contribution is -2.29. The summed E-state index contributed by atoms with van der Waals surface area (Å²) in [6.07, 6.45) is 8.04. The quantitative estimate of drug-likeness (QED) is 0.732. The summed E-state index contributed by atoms with van der Waals surface area (Å²) in [6, 6.07) is 17.5. The number of rotatable bonds is 2. The molecule has 0 radical (unpaired) electrons. The number of hydrogen-bond donors (Lipinski definition) is 1.